The zero-order valence-corrected chi connectivity index (χ0v) is 14.2. The molecule has 132 valence electrons. The lowest BCUT2D eigenvalue weighted by Gasteiger charge is -2.04. The van der Waals surface area contributed by atoms with Crippen LogP contribution in [0.25, 0.3) is 11.5 Å². The quantitative estimate of drug-likeness (QED) is 0.720. The molecule has 0 saturated heterocycles. The summed E-state index contributed by atoms with van der Waals surface area (Å²) < 4.78 is 18.8. The lowest BCUT2D eigenvalue weighted by Crippen LogP contribution is -2.26. The monoisotopic (exact) mass is 350 g/mol. The van der Waals surface area contributed by atoms with E-state index in [4.69, 9.17) is 4.42 Å². The highest BCUT2D eigenvalue weighted by Gasteiger charge is 2.34. The fraction of sp³-hybridized carbons (Fsp3) is 0.238. The lowest BCUT2D eigenvalue weighted by atomic mass is 10.1. The zero-order valence-electron chi connectivity index (χ0n) is 14.2. The first-order valence-corrected chi connectivity index (χ1v) is 8.79. The van der Waals surface area contributed by atoms with E-state index in [0.29, 0.717) is 30.3 Å². The van der Waals surface area contributed by atoms with Gasteiger partial charge in [-0.25, -0.2) is 9.37 Å². The maximum absolute atomic E-state index is 12.9. The number of oxazole rings is 1. The van der Waals surface area contributed by atoms with E-state index in [1.54, 1.807) is 12.1 Å². The van der Waals surface area contributed by atoms with Crippen LogP contribution in [0.4, 0.5) is 4.39 Å². The first kappa shape index (κ1) is 16.5. The Kier molecular flexibility index (Phi) is 4.52. The second-order valence-electron chi connectivity index (χ2n) is 6.50. The van der Waals surface area contributed by atoms with Gasteiger partial charge in [-0.1, -0.05) is 30.3 Å². The molecule has 26 heavy (non-hydrogen) atoms. The van der Waals surface area contributed by atoms with E-state index in [0.717, 1.165) is 24.0 Å². The molecule has 0 aliphatic heterocycles. The highest BCUT2D eigenvalue weighted by atomic mass is 19.1. The molecule has 1 aromatic heterocycles. The van der Waals surface area contributed by atoms with Gasteiger partial charge in [0.2, 0.25) is 5.89 Å². The number of carbonyl (C=O) groups is 1. The number of halogens is 1. The Morgan fingerprint density at radius 2 is 1.85 bits per heavy atom. The molecule has 0 atom stereocenters. The van der Waals surface area contributed by atoms with E-state index >= 15 is 0 Å². The van der Waals surface area contributed by atoms with Gasteiger partial charge in [-0.3, -0.25) is 4.79 Å². The number of hydrogen-bond donors (Lipinski definition) is 1. The number of amides is 1. The van der Waals surface area contributed by atoms with Crippen LogP contribution in [0.1, 0.15) is 40.6 Å². The van der Waals surface area contributed by atoms with Crippen molar-refractivity contribution in [3.63, 3.8) is 0 Å². The van der Waals surface area contributed by atoms with Crippen LogP contribution in [0.15, 0.2) is 59.0 Å². The van der Waals surface area contributed by atoms with Gasteiger partial charge in [-0.05, 0) is 49.1 Å². The van der Waals surface area contributed by atoms with Crippen molar-refractivity contribution in [3.8, 4) is 11.5 Å². The molecule has 1 saturated carbocycles. The van der Waals surface area contributed by atoms with Gasteiger partial charge in [-0.15, -0.1) is 0 Å². The van der Waals surface area contributed by atoms with Crippen LogP contribution in [0.3, 0.4) is 0 Å². The standard InChI is InChI=1S/C21H19FN2O2/c22-17-10-6-14(7-11-17)12-13-23-20(25)18-19(15-8-9-15)26-21(24-18)16-4-2-1-3-5-16/h1-7,10-11,15H,8-9,12-13H2,(H,23,25). The van der Waals surface area contributed by atoms with Crippen LogP contribution in [0.5, 0.6) is 0 Å². The molecule has 1 amide bonds. The molecule has 1 N–H and O–H groups in total. The topological polar surface area (TPSA) is 55.1 Å². The van der Waals surface area contributed by atoms with E-state index in [9.17, 15) is 9.18 Å². The molecular weight excluding hydrogens is 331 g/mol. The third-order valence-electron chi connectivity index (χ3n) is 4.45. The van der Waals surface area contributed by atoms with Crippen molar-refractivity contribution < 1.29 is 13.6 Å². The molecule has 1 heterocycles. The van der Waals surface area contributed by atoms with Gasteiger partial charge >= 0.3 is 0 Å². The Bertz CT molecular complexity index is 900. The van der Waals surface area contributed by atoms with E-state index in [1.807, 2.05) is 30.3 Å². The van der Waals surface area contributed by atoms with E-state index in [1.165, 1.54) is 12.1 Å². The van der Waals surface area contributed by atoms with Crippen molar-refractivity contribution in [2.45, 2.75) is 25.2 Å². The summed E-state index contributed by atoms with van der Waals surface area (Å²) in [5.41, 5.74) is 2.21. The normalized spacial score (nSPS) is 13.6. The van der Waals surface area contributed by atoms with Gasteiger partial charge in [0.1, 0.15) is 11.6 Å². The minimum Gasteiger partial charge on any atom is -0.440 e. The Labute approximate surface area is 151 Å². The predicted octanol–water partition coefficient (Wildman–Crippen LogP) is 4.33. The van der Waals surface area contributed by atoms with E-state index in [-0.39, 0.29) is 17.6 Å². The number of aromatic nitrogens is 1. The number of hydrogen-bond acceptors (Lipinski definition) is 3. The SMILES string of the molecule is O=C(NCCc1ccc(F)cc1)c1nc(-c2ccccc2)oc1C1CC1. The largest absolute Gasteiger partial charge is 0.440 e. The average Bonchev–Trinajstić information content (AvgIpc) is 3.42. The smallest absolute Gasteiger partial charge is 0.273 e. The van der Waals surface area contributed by atoms with Crippen molar-refractivity contribution in [2.24, 2.45) is 0 Å². The molecular formula is C21H19FN2O2. The van der Waals surface area contributed by atoms with Crippen LogP contribution in [-0.2, 0) is 6.42 Å². The first-order chi connectivity index (χ1) is 12.7. The highest BCUT2D eigenvalue weighted by molar-refractivity contribution is 5.94. The van der Waals surface area contributed by atoms with Crippen molar-refractivity contribution in [1.29, 1.82) is 0 Å². The minimum absolute atomic E-state index is 0.222. The third-order valence-corrected chi connectivity index (χ3v) is 4.45. The summed E-state index contributed by atoms with van der Waals surface area (Å²) in [7, 11) is 0. The summed E-state index contributed by atoms with van der Waals surface area (Å²) in [6, 6.07) is 15.9. The summed E-state index contributed by atoms with van der Waals surface area (Å²) in [4.78, 5) is 17.0. The van der Waals surface area contributed by atoms with Crippen LogP contribution >= 0.6 is 0 Å². The van der Waals surface area contributed by atoms with Crippen molar-refractivity contribution in [3.05, 3.63) is 77.4 Å². The summed E-state index contributed by atoms with van der Waals surface area (Å²) in [5.74, 6) is 0.972. The summed E-state index contributed by atoms with van der Waals surface area (Å²) in [6.45, 7) is 0.460. The van der Waals surface area contributed by atoms with Crippen LogP contribution in [0.2, 0.25) is 0 Å². The molecule has 4 nitrogen and oxygen atoms in total. The Balaban J connectivity index is 1.46. The molecule has 0 bridgehead atoms. The van der Waals surface area contributed by atoms with Crippen LogP contribution in [0, 0.1) is 5.82 Å². The van der Waals surface area contributed by atoms with E-state index in [2.05, 4.69) is 10.3 Å². The van der Waals surface area contributed by atoms with Crippen LogP contribution in [-0.4, -0.2) is 17.4 Å². The van der Waals surface area contributed by atoms with Gasteiger partial charge < -0.3 is 9.73 Å². The maximum atomic E-state index is 12.9. The molecule has 1 fully saturated rings. The first-order valence-electron chi connectivity index (χ1n) is 8.79. The molecule has 0 radical (unpaired) electrons. The van der Waals surface area contributed by atoms with Gasteiger partial charge in [0.25, 0.3) is 5.91 Å². The molecule has 1 aliphatic carbocycles. The highest BCUT2D eigenvalue weighted by Crippen LogP contribution is 2.43. The van der Waals surface area contributed by atoms with Gasteiger partial charge in [-0.2, -0.15) is 0 Å². The Morgan fingerprint density at radius 3 is 2.54 bits per heavy atom. The molecule has 0 spiro atoms. The molecule has 4 rings (SSSR count). The fourth-order valence-electron chi connectivity index (χ4n) is 2.88. The lowest BCUT2D eigenvalue weighted by molar-refractivity contribution is 0.0947. The number of benzene rings is 2. The fourth-order valence-corrected chi connectivity index (χ4v) is 2.88. The second-order valence-corrected chi connectivity index (χ2v) is 6.50. The molecule has 2 aromatic carbocycles. The Morgan fingerprint density at radius 1 is 1.12 bits per heavy atom. The zero-order chi connectivity index (χ0) is 17.9. The minimum atomic E-state index is -0.261. The van der Waals surface area contributed by atoms with Crippen LogP contribution < -0.4 is 5.32 Å². The number of nitrogens with one attached hydrogen (secondary N) is 1. The van der Waals surface area contributed by atoms with Crippen molar-refractivity contribution in [2.75, 3.05) is 6.54 Å². The van der Waals surface area contributed by atoms with Gasteiger partial charge in [0, 0.05) is 18.0 Å². The maximum Gasteiger partial charge on any atom is 0.273 e. The third kappa shape index (κ3) is 3.67. The second kappa shape index (κ2) is 7.12. The molecule has 1 aliphatic rings. The van der Waals surface area contributed by atoms with Gasteiger partial charge in [0.15, 0.2) is 5.69 Å². The number of nitrogens with zero attached hydrogens (tertiary/aromatic N) is 1. The van der Waals surface area contributed by atoms with E-state index < -0.39 is 0 Å². The molecule has 5 heteroatoms. The predicted molar refractivity (Wildman–Crippen MR) is 96.4 cm³/mol. The summed E-state index contributed by atoms with van der Waals surface area (Å²) in [5, 5.41) is 2.89. The van der Waals surface area contributed by atoms with Gasteiger partial charge in [0.05, 0.1) is 0 Å². The number of carbonyl (C=O) groups excluding carboxylic acids is 1. The van der Waals surface area contributed by atoms with Crippen molar-refractivity contribution >= 4 is 5.91 Å². The molecule has 0 unspecified atom stereocenters. The average molecular weight is 350 g/mol. The van der Waals surface area contributed by atoms with Crippen molar-refractivity contribution in [1.82, 2.24) is 10.3 Å². The summed E-state index contributed by atoms with van der Waals surface area (Å²) >= 11 is 0. The summed E-state index contributed by atoms with van der Waals surface area (Å²) in [6.07, 6.45) is 2.69. The number of rotatable bonds is 6. The Hall–Kier alpha value is -2.95. The molecule has 3 aromatic rings.